The molecule has 2 heteroatoms. The van der Waals surface area contributed by atoms with E-state index in [1.54, 1.807) is 0 Å². The van der Waals surface area contributed by atoms with Crippen LogP contribution in [-0.2, 0) is 0 Å². The second-order valence-electron chi connectivity index (χ2n) is 5.84. The van der Waals surface area contributed by atoms with Crippen molar-refractivity contribution in [1.29, 1.82) is 0 Å². The van der Waals surface area contributed by atoms with Gasteiger partial charge in [0.25, 0.3) is 0 Å². The predicted molar refractivity (Wildman–Crippen MR) is 74.1 cm³/mol. The summed E-state index contributed by atoms with van der Waals surface area (Å²) in [6.45, 7) is 2.42. The molecule has 0 amide bonds. The normalized spacial score (nSPS) is 40.9. The van der Waals surface area contributed by atoms with Gasteiger partial charge in [0.15, 0.2) is 0 Å². The second kappa shape index (κ2) is 6.30. The fraction of sp³-hybridized carbons (Fsp3) is 1.00. The monoisotopic (exact) mass is 241 g/mol. The number of hydrogen-bond donors (Lipinski definition) is 1. The number of nitrogens with one attached hydrogen (secondary N) is 1. The molecule has 1 N–H and O–H groups in total. The van der Waals surface area contributed by atoms with Crippen LogP contribution in [0.4, 0.5) is 0 Å². The summed E-state index contributed by atoms with van der Waals surface area (Å²) in [5, 5.41) is 4.87. The minimum atomic E-state index is 0.832. The maximum Gasteiger partial charge on any atom is 0.00721 e. The van der Waals surface area contributed by atoms with Crippen LogP contribution >= 0.6 is 11.8 Å². The molecule has 0 aromatic carbocycles. The van der Waals surface area contributed by atoms with E-state index in [2.05, 4.69) is 30.3 Å². The fourth-order valence-corrected chi connectivity index (χ4v) is 4.13. The molecule has 0 radical (unpaired) electrons. The van der Waals surface area contributed by atoms with Crippen molar-refractivity contribution in [2.75, 3.05) is 6.26 Å². The van der Waals surface area contributed by atoms with Crippen molar-refractivity contribution in [2.45, 2.75) is 75.6 Å². The minimum Gasteiger partial charge on any atom is -0.311 e. The first-order chi connectivity index (χ1) is 7.78. The van der Waals surface area contributed by atoms with E-state index in [1.165, 1.54) is 51.4 Å². The van der Waals surface area contributed by atoms with Crippen LogP contribution in [0.1, 0.15) is 58.3 Å². The maximum atomic E-state index is 3.92. The van der Waals surface area contributed by atoms with Gasteiger partial charge in [0, 0.05) is 17.3 Å². The summed E-state index contributed by atoms with van der Waals surface area (Å²) in [7, 11) is 0. The molecular weight excluding hydrogens is 214 g/mol. The molecule has 0 aromatic rings. The quantitative estimate of drug-likeness (QED) is 0.806. The summed E-state index contributed by atoms with van der Waals surface area (Å²) in [5.74, 6) is 0.953. The molecular formula is C14H27NS. The lowest BCUT2D eigenvalue weighted by Gasteiger charge is -2.34. The SMILES string of the molecule is CSC1CCC(NC2CCCC(C)C2)CC1. The van der Waals surface area contributed by atoms with Crippen LogP contribution in [0.15, 0.2) is 0 Å². The average molecular weight is 241 g/mol. The lowest BCUT2D eigenvalue weighted by molar-refractivity contribution is 0.256. The van der Waals surface area contributed by atoms with Crippen LogP contribution in [-0.4, -0.2) is 23.6 Å². The molecule has 2 aliphatic rings. The lowest BCUT2D eigenvalue weighted by Crippen LogP contribution is -2.42. The van der Waals surface area contributed by atoms with Crippen molar-refractivity contribution in [2.24, 2.45) is 5.92 Å². The van der Waals surface area contributed by atoms with Gasteiger partial charge in [-0.2, -0.15) is 11.8 Å². The number of thioether (sulfide) groups is 1. The first-order valence-electron chi connectivity index (χ1n) is 7.06. The van der Waals surface area contributed by atoms with Crippen molar-refractivity contribution in [3.05, 3.63) is 0 Å². The molecule has 1 nitrogen and oxygen atoms in total. The zero-order chi connectivity index (χ0) is 11.4. The molecule has 0 heterocycles. The van der Waals surface area contributed by atoms with Gasteiger partial charge in [-0.1, -0.05) is 19.8 Å². The maximum absolute atomic E-state index is 3.92. The smallest absolute Gasteiger partial charge is 0.00721 e. The summed E-state index contributed by atoms with van der Waals surface area (Å²) < 4.78 is 0. The first-order valence-corrected chi connectivity index (χ1v) is 8.35. The largest absolute Gasteiger partial charge is 0.311 e. The standard InChI is InChI=1S/C14H27NS/c1-11-4-3-5-13(10-11)15-12-6-8-14(16-2)9-7-12/h11-15H,3-10H2,1-2H3. The Balaban J connectivity index is 1.69. The highest BCUT2D eigenvalue weighted by Crippen LogP contribution is 2.29. The molecule has 16 heavy (non-hydrogen) atoms. The number of hydrogen-bond acceptors (Lipinski definition) is 2. The van der Waals surface area contributed by atoms with Gasteiger partial charge < -0.3 is 5.32 Å². The third-order valence-corrected chi connectivity index (χ3v) is 5.55. The van der Waals surface area contributed by atoms with E-state index in [0.717, 1.165) is 23.3 Å². The van der Waals surface area contributed by atoms with Crippen molar-refractivity contribution in [3.8, 4) is 0 Å². The van der Waals surface area contributed by atoms with Crippen LogP contribution in [0.5, 0.6) is 0 Å². The summed E-state index contributed by atoms with van der Waals surface area (Å²) in [6, 6.07) is 1.67. The molecule has 2 unspecified atom stereocenters. The van der Waals surface area contributed by atoms with Gasteiger partial charge in [0.05, 0.1) is 0 Å². The Morgan fingerprint density at radius 1 is 0.938 bits per heavy atom. The van der Waals surface area contributed by atoms with Gasteiger partial charge in [-0.3, -0.25) is 0 Å². The predicted octanol–water partition coefficient (Wildman–Crippen LogP) is 3.83. The summed E-state index contributed by atoms with van der Waals surface area (Å²) in [4.78, 5) is 0. The topological polar surface area (TPSA) is 12.0 Å². The molecule has 0 aliphatic heterocycles. The molecule has 2 fully saturated rings. The highest BCUT2D eigenvalue weighted by atomic mass is 32.2. The van der Waals surface area contributed by atoms with E-state index in [1.807, 2.05) is 0 Å². The fourth-order valence-electron chi connectivity index (χ4n) is 3.38. The zero-order valence-corrected chi connectivity index (χ0v) is 11.7. The van der Waals surface area contributed by atoms with Crippen LogP contribution in [0.25, 0.3) is 0 Å². The lowest BCUT2D eigenvalue weighted by atomic mass is 9.85. The molecule has 2 rings (SSSR count). The van der Waals surface area contributed by atoms with E-state index in [0.29, 0.717) is 0 Å². The molecule has 0 saturated heterocycles. The Bertz CT molecular complexity index is 199. The zero-order valence-electron chi connectivity index (χ0n) is 10.9. The first kappa shape index (κ1) is 12.8. The highest BCUT2D eigenvalue weighted by molar-refractivity contribution is 7.99. The Morgan fingerprint density at radius 3 is 2.31 bits per heavy atom. The Hall–Kier alpha value is 0.310. The van der Waals surface area contributed by atoms with Crippen molar-refractivity contribution in [3.63, 3.8) is 0 Å². The summed E-state index contributed by atoms with van der Waals surface area (Å²) in [5.41, 5.74) is 0. The minimum absolute atomic E-state index is 0.832. The summed E-state index contributed by atoms with van der Waals surface area (Å²) in [6.07, 6.45) is 13.7. The molecule has 2 saturated carbocycles. The van der Waals surface area contributed by atoms with Crippen LogP contribution in [0.3, 0.4) is 0 Å². The van der Waals surface area contributed by atoms with Gasteiger partial charge in [-0.25, -0.2) is 0 Å². The van der Waals surface area contributed by atoms with E-state index in [4.69, 9.17) is 0 Å². The second-order valence-corrected chi connectivity index (χ2v) is 6.98. The van der Waals surface area contributed by atoms with Crippen LogP contribution < -0.4 is 5.32 Å². The molecule has 0 spiro atoms. The van der Waals surface area contributed by atoms with Crippen molar-refractivity contribution >= 4 is 11.8 Å². The molecule has 2 atom stereocenters. The molecule has 2 aliphatic carbocycles. The van der Waals surface area contributed by atoms with Crippen LogP contribution in [0.2, 0.25) is 0 Å². The van der Waals surface area contributed by atoms with Gasteiger partial charge in [0.1, 0.15) is 0 Å². The van der Waals surface area contributed by atoms with Gasteiger partial charge in [-0.15, -0.1) is 0 Å². The number of rotatable bonds is 3. The van der Waals surface area contributed by atoms with E-state index < -0.39 is 0 Å². The molecule has 0 aromatic heterocycles. The van der Waals surface area contributed by atoms with Gasteiger partial charge >= 0.3 is 0 Å². The van der Waals surface area contributed by atoms with E-state index in [9.17, 15) is 0 Å². The summed E-state index contributed by atoms with van der Waals surface area (Å²) >= 11 is 2.07. The highest BCUT2D eigenvalue weighted by Gasteiger charge is 2.25. The molecule has 0 bridgehead atoms. The van der Waals surface area contributed by atoms with Gasteiger partial charge in [0.2, 0.25) is 0 Å². The van der Waals surface area contributed by atoms with Crippen molar-refractivity contribution in [1.82, 2.24) is 5.32 Å². The Kier molecular flexibility index (Phi) is 5.02. The van der Waals surface area contributed by atoms with E-state index in [-0.39, 0.29) is 0 Å². The Morgan fingerprint density at radius 2 is 1.69 bits per heavy atom. The van der Waals surface area contributed by atoms with Crippen molar-refractivity contribution < 1.29 is 0 Å². The van der Waals surface area contributed by atoms with E-state index >= 15 is 0 Å². The third kappa shape index (κ3) is 3.66. The third-order valence-electron chi connectivity index (χ3n) is 4.42. The van der Waals surface area contributed by atoms with Gasteiger partial charge in [-0.05, 0) is 50.7 Å². The average Bonchev–Trinajstić information content (AvgIpc) is 2.30. The molecule has 94 valence electrons. The Labute approximate surface area is 105 Å². The van der Waals surface area contributed by atoms with Crippen LogP contribution in [0, 0.1) is 5.92 Å².